The van der Waals surface area contributed by atoms with Gasteiger partial charge in [-0.3, -0.25) is 0 Å². The normalized spacial score (nSPS) is 11.0. The van der Waals surface area contributed by atoms with Gasteiger partial charge in [-0.25, -0.2) is 9.78 Å². The average Bonchev–Trinajstić information content (AvgIpc) is 3.00. The molecule has 3 aromatic heterocycles. The van der Waals surface area contributed by atoms with Gasteiger partial charge in [-0.1, -0.05) is 6.07 Å². The number of fused-ring (bicyclic) bond motifs is 1. The third-order valence-electron chi connectivity index (χ3n) is 3.12. The molecule has 0 saturated carbocycles. The Hall–Kier alpha value is -2.34. The maximum atomic E-state index is 11.1. The van der Waals surface area contributed by atoms with Gasteiger partial charge < -0.3 is 14.2 Å². The maximum absolute atomic E-state index is 11.1. The fourth-order valence-electron chi connectivity index (χ4n) is 2.17. The summed E-state index contributed by atoms with van der Waals surface area (Å²) in [6, 6.07) is 5.70. The zero-order valence-electron chi connectivity index (χ0n) is 11.7. The SMILES string of the molecule is Cc1cc(OCc2cn3cccc(C)c3n2)c(C(=O)O)s1. The molecule has 3 aromatic rings. The van der Waals surface area contributed by atoms with Gasteiger partial charge in [-0.05, 0) is 31.5 Å². The molecule has 0 atom stereocenters. The van der Waals surface area contributed by atoms with E-state index in [1.807, 2.05) is 42.8 Å². The Bertz CT molecular complexity index is 820. The van der Waals surface area contributed by atoms with E-state index in [1.54, 1.807) is 6.07 Å². The van der Waals surface area contributed by atoms with Crippen LogP contribution in [0, 0.1) is 13.8 Å². The van der Waals surface area contributed by atoms with Gasteiger partial charge >= 0.3 is 5.97 Å². The van der Waals surface area contributed by atoms with Crippen molar-refractivity contribution in [3.05, 3.63) is 51.6 Å². The van der Waals surface area contributed by atoms with E-state index in [9.17, 15) is 4.79 Å². The first-order valence-electron chi connectivity index (χ1n) is 6.44. The molecule has 0 amide bonds. The minimum atomic E-state index is -0.964. The smallest absolute Gasteiger partial charge is 0.349 e. The van der Waals surface area contributed by atoms with Crippen LogP contribution in [0.15, 0.2) is 30.6 Å². The lowest BCUT2D eigenvalue weighted by molar-refractivity contribution is 0.0697. The molecule has 0 unspecified atom stereocenters. The molecule has 0 bridgehead atoms. The number of rotatable bonds is 4. The summed E-state index contributed by atoms with van der Waals surface area (Å²) in [7, 11) is 0. The number of aryl methyl sites for hydroxylation is 2. The second kappa shape index (κ2) is 5.21. The van der Waals surface area contributed by atoms with Gasteiger partial charge in [0, 0.05) is 17.3 Å². The zero-order chi connectivity index (χ0) is 15.0. The first kappa shape index (κ1) is 13.6. The Balaban J connectivity index is 1.83. The molecule has 0 aromatic carbocycles. The van der Waals surface area contributed by atoms with E-state index in [1.165, 1.54) is 11.3 Å². The second-order valence-corrected chi connectivity index (χ2v) is 6.05. The molecular formula is C15H14N2O3S. The van der Waals surface area contributed by atoms with Crippen molar-refractivity contribution in [3.8, 4) is 5.75 Å². The Labute approximate surface area is 125 Å². The third kappa shape index (κ3) is 2.62. The van der Waals surface area contributed by atoms with E-state index < -0.39 is 5.97 Å². The molecule has 0 saturated heterocycles. The first-order chi connectivity index (χ1) is 10.0. The van der Waals surface area contributed by atoms with E-state index in [-0.39, 0.29) is 11.5 Å². The zero-order valence-corrected chi connectivity index (χ0v) is 12.5. The van der Waals surface area contributed by atoms with Gasteiger partial charge in [0.25, 0.3) is 0 Å². The van der Waals surface area contributed by atoms with Crippen molar-refractivity contribution >= 4 is 23.0 Å². The van der Waals surface area contributed by atoms with Crippen molar-refractivity contribution in [1.29, 1.82) is 0 Å². The van der Waals surface area contributed by atoms with Crippen LogP contribution in [-0.2, 0) is 6.61 Å². The quantitative estimate of drug-likeness (QED) is 0.803. The second-order valence-electron chi connectivity index (χ2n) is 4.80. The number of carboxylic acid groups (broad SMARTS) is 1. The topological polar surface area (TPSA) is 63.8 Å². The molecule has 3 rings (SSSR count). The highest BCUT2D eigenvalue weighted by atomic mass is 32.1. The number of carbonyl (C=O) groups is 1. The van der Waals surface area contributed by atoms with Gasteiger partial charge in [-0.2, -0.15) is 0 Å². The van der Waals surface area contributed by atoms with E-state index in [4.69, 9.17) is 9.84 Å². The van der Waals surface area contributed by atoms with Crippen molar-refractivity contribution < 1.29 is 14.6 Å². The number of pyridine rings is 1. The fourth-order valence-corrected chi connectivity index (χ4v) is 2.97. The van der Waals surface area contributed by atoms with Crippen molar-refractivity contribution in [2.24, 2.45) is 0 Å². The van der Waals surface area contributed by atoms with Crippen LogP contribution in [0.5, 0.6) is 5.75 Å². The molecule has 1 N–H and O–H groups in total. The Morgan fingerprint density at radius 1 is 1.48 bits per heavy atom. The van der Waals surface area contributed by atoms with Gasteiger partial charge in [-0.15, -0.1) is 11.3 Å². The Morgan fingerprint density at radius 3 is 3.00 bits per heavy atom. The van der Waals surface area contributed by atoms with Gasteiger partial charge in [0.05, 0.1) is 5.69 Å². The minimum Gasteiger partial charge on any atom is -0.485 e. The van der Waals surface area contributed by atoms with Crippen LogP contribution < -0.4 is 4.74 Å². The highest BCUT2D eigenvalue weighted by Gasteiger charge is 2.15. The molecule has 0 aliphatic heterocycles. The van der Waals surface area contributed by atoms with Crippen molar-refractivity contribution in [2.45, 2.75) is 20.5 Å². The molecule has 5 nitrogen and oxygen atoms in total. The number of thiophene rings is 1. The molecule has 0 aliphatic carbocycles. The van der Waals surface area contributed by atoms with Crippen molar-refractivity contribution in [2.75, 3.05) is 0 Å². The standard InChI is InChI=1S/C15H14N2O3S/c1-9-4-3-5-17-7-11(16-14(9)17)8-20-12-6-10(2)21-13(12)15(18)19/h3-7H,8H2,1-2H3,(H,18,19). The number of nitrogens with zero attached hydrogens (tertiary/aromatic N) is 2. The Morgan fingerprint density at radius 2 is 2.29 bits per heavy atom. The Kier molecular flexibility index (Phi) is 3.39. The lowest BCUT2D eigenvalue weighted by Gasteiger charge is -2.02. The third-order valence-corrected chi connectivity index (χ3v) is 4.14. The first-order valence-corrected chi connectivity index (χ1v) is 7.26. The van der Waals surface area contributed by atoms with E-state index >= 15 is 0 Å². The van der Waals surface area contributed by atoms with Gasteiger partial charge in [0.1, 0.15) is 18.0 Å². The molecule has 21 heavy (non-hydrogen) atoms. The minimum absolute atomic E-state index is 0.229. The average molecular weight is 302 g/mol. The molecule has 108 valence electrons. The van der Waals surface area contributed by atoms with Crippen LogP contribution in [0.3, 0.4) is 0 Å². The lowest BCUT2D eigenvalue weighted by Crippen LogP contribution is -2.00. The largest absolute Gasteiger partial charge is 0.485 e. The lowest BCUT2D eigenvalue weighted by atomic mass is 10.3. The number of hydrogen-bond donors (Lipinski definition) is 1. The van der Waals surface area contributed by atoms with Crippen LogP contribution in [-0.4, -0.2) is 20.5 Å². The van der Waals surface area contributed by atoms with Crippen LogP contribution in [0.4, 0.5) is 0 Å². The summed E-state index contributed by atoms with van der Waals surface area (Å²) in [4.78, 5) is 16.8. The number of carboxylic acids is 1. The van der Waals surface area contributed by atoms with Gasteiger partial charge in [0.2, 0.25) is 0 Å². The van der Waals surface area contributed by atoms with Crippen LogP contribution in [0.25, 0.3) is 5.65 Å². The van der Waals surface area contributed by atoms with Crippen LogP contribution in [0.1, 0.15) is 25.8 Å². The van der Waals surface area contributed by atoms with Crippen molar-refractivity contribution in [3.63, 3.8) is 0 Å². The van der Waals surface area contributed by atoms with Gasteiger partial charge in [0.15, 0.2) is 4.88 Å². The summed E-state index contributed by atoms with van der Waals surface area (Å²) in [5, 5.41) is 9.14. The van der Waals surface area contributed by atoms with Crippen molar-refractivity contribution in [1.82, 2.24) is 9.38 Å². The summed E-state index contributed by atoms with van der Waals surface area (Å²) < 4.78 is 7.56. The van der Waals surface area contributed by atoms with E-state index in [0.29, 0.717) is 5.75 Å². The summed E-state index contributed by atoms with van der Waals surface area (Å²) in [6.07, 6.45) is 3.82. The monoisotopic (exact) mass is 302 g/mol. The van der Waals surface area contributed by atoms with Crippen LogP contribution in [0.2, 0.25) is 0 Å². The molecule has 0 aliphatic rings. The highest BCUT2D eigenvalue weighted by molar-refractivity contribution is 7.14. The summed E-state index contributed by atoms with van der Waals surface area (Å²) in [5.41, 5.74) is 2.74. The van der Waals surface area contributed by atoms with E-state index in [0.717, 1.165) is 21.8 Å². The number of aromatic carboxylic acids is 1. The van der Waals surface area contributed by atoms with Crippen LogP contribution >= 0.6 is 11.3 Å². The highest BCUT2D eigenvalue weighted by Crippen LogP contribution is 2.29. The number of ether oxygens (including phenoxy) is 1. The number of imidazole rings is 1. The summed E-state index contributed by atoms with van der Waals surface area (Å²) in [5.74, 6) is -0.562. The number of hydrogen-bond acceptors (Lipinski definition) is 4. The molecule has 3 heterocycles. The number of aromatic nitrogens is 2. The maximum Gasteiger partial charge on any atom is 0.349 e. The summed E-state index contributed by atoms with van der Waals surface area (Å²) >= 11 is 1.21. The molecule has 0 spiro atoms. The molecule has 0 radical (unpaired) electrons. The molecule has 6 heteroatoms. The van der Waals surface area contributed by atoms with E-state index in [2.05, 4.69) is 4.98 Å². The molecule has 0 fully saturated rings. The predicted octanol–water partition coefficient (Wildman–Crippen LogP) is 3.29. The summed E-state index contributed by atoms with van der Waals surface area (Å²) in [6.45, 7) is 4.10. The predicted molar refractivity (Wildman–Crippen MR) is 80.3 cm³/mol. The fraction of sp³-hybridized carbons (Fsp3) is 0.200. The molecular weight excluding hydrogens is 288 g/mol.